The quantitative estimate of drug-likeness (QED) is 0.542. The Bertz CT molecular complexity index is 814. The molecule has 0 amide bonds. The van der Waals surface area contributed by atoms with Gasteiger partial charge in [-0.15, -0.1) is 0 Å². The molecule has 0 saturated heterocycles. The molecule has 4 rings (SSSR count). The average molecular weight is 507 g/mol. The predicted octanol–water partition coefficient (Wildman–Crippen LogP) is 0.960. The Labute approximate surface area is 202 Å². The standard InChI is InChI=1S/C24H28Si.2ClH.Zr/c1-5-17-15-19-11-7-9-13-21(19)23(17)25(3,4)24-18(6-2)16-20-12-8-10-14-22(20)24;;;/h7-16,23-24H,5-6H2,1-4H3;2*1H;/q;;;+2/p-2. The molecule has 0 heterocycles. The molecule has 0 saturated carbocycles. The first-order chi connectivity index (χ1) is 12.1. The van der Waals surface area contributed by atoms with Gasteiger partial charge in [0.2, 0.25) is 0 Å². The van der Waals surface area contributed by atoms with Crippen LogP contribution in [0.5, 0.6) is 0 Å². The number of benzene rings is 2. The summed E-state index contributed by atoms with van der Waals surface area (Å²) in [5.74, 6) is 0. The molecule has 2 aliphatic rings. The molecule has 2 aromatic carbocycles. The van der Waals surface area contributed by atoms with Crippen LogP contribution in [-0.2, 0) is 26.2 Å². The molecule has 146 valence electrons. The van der Waals surface area contributed by atoms with Crippen LogP contribution >= 0.6 is 0 Å². The zero-order valence-electron chi connectivity index (χ0n) is 17.1. The minimum atomic E-state index is -1.64. The monoisotopic (exact) mass is 504 g/mol. The van der Waals surface area contributed by atoms with Crippen molar-refractivity contribution in [2.75, 3.05) is 0 Å². The predicted molar refractivity (Wildman–Crippen MR) is 112 cm³/mol. The summed E-state index contributed by atoms with van der Waals surface area (Å²) in [6.07, 6.45) is 7.28. The molecule has 2 atom stereocenters. The van der Waals surface area contributed by atoms with Crippen molar-refractivity contribution in [3.63, 3.8) is 0 Å². The van der Waals surface area contributed by atoms with Crippen LogP contribution in [0.1, 0.15) is 60.0 Å². The van der Waals surface area contributed by atoms with Crippen molar-refractivity contribution in [3.05, 3.63) is 81.9 Å². The number of rotatable bonds is 4. The van der Waals surface area contributed by atoms with Crippen molar-refractivity contribution in [1.82, 2.24) is 0 Å². The Morgan fingerprint density at radius 1 is 0.679 bits per heavy atom. The first kappa shape index (κ1) is 25.6. The van der Waals surface area contributed by atoms with Gasteiger partial charge in [-0.05, 0) is 35.1 Å². The number of hydrogen-bond donors (Lipinski definition) is 0. The van der Waals surface area contributed by atoms with Gasteiger partial charge in [0.05, 0.1) is 8.07 Å². The summed E-state index contributed by atoms with van der Waals surface area (Å²) in [4.78, 5) is 0. The number of fused-ring (bicyclic) bond motifs is 2. The van der Waals surface area contributed by atoms with E-state index in [-0.39, 0.29) is 51.0 Å². The molecule has 0 radical (unpaired) electrons. The van der Waals surface area contributed by atoms with Crippen molar-refractivity contribution in [1.29, 1.82) is 0 Å². The van der Waals surface area contributed by atoms with Crippen LogP contribution in [0.15, 0.2) is 59.7 Å². The Morgan fingerprint density at radius 2 is 1.04 bits per heavy atom. The van der Waals surface area contributed by atoms with E-state index in [0.717, 1.165) is 12.8 Å². The van der Waals surface area contributed by atoms with E-state index in [4.69, 9.17) is 0 Å². The molecular formula is C24H28Cl2SiZr. The second-order valence-corrected chi connectivity index (χ2v) is 12.9. The Balaban J connectivity index is 0.00000131. The summed E-state index contributed by atoms with van der Waals surface area (Å²) in [6, 6.07) is 18.2. The first-order valence-electron chi connectivity index (χ1n) is 9.66. The van der Waals surface area contributed by atoms with Crippen LogP contribution in [0.25, 0.3) is 12.2 Å². The van der Waals surface area contributed by atoms with E-state index in [0.29, 0.717) is 11.1 Å². The summed E-state index contributed by atoms with van der Waals surface area (Å²) < 4.78 is 0. The third-order valence-electron chi connectivity index (χ3n) is 6.34. The van der Waals surface area contributed by atoms with E-state index >= 15 is 0 Å². The van der Waals surface area contributed by atoms with E-state index in [1.807, 2.05) is 0 Å². The maximum atomic E-state index is 2.62. The molecule has 2 aliphatic carbocycles. The molecule has 2 aromatic rings. The van der Waals surface area contributed by atoms with Crippen molar-refractivity contribution < 1.29 is 51.0 Å². The normalized spacial score (nSPS) is 19.3. The van der Waals surface area contributed by atoms with Gasteiger partial charge in [-0.25, -0.2) is 0 Å². The zero-order chi connectivity index (χ0) is 17.6. The largest absolute Gasteiger partial charge is 2.00 e. The summed E-state index contributed by atoms with van der Waals surface area (Å²) in [5, 5.41) is 0. The van der Waals surface area contributed by atoms with Gasteiger partial charge in [-0.2, -0.15) is 0 Å². The van der Waals surface area contributed by atoms with Crippen molar-refractivity contribution >= 4 is 20.2 Å². The van der Waals surface area contributed by atoms with Crippen molar-refractivity contribution in [2.24, 2.45) is 0 Å². The van der Waals surface area contributed by atoms with Crippen LogP contribution in [0.2, 0.25) is 13.1 Å². The van der Waals surface area contributed by atoms with Gasteiger partial charge in [0.25, 0.3) is 0 Å². The number of allylic oxidation sites excluding steroid dienone is 2. The fourth-order valence-corrected chi connectivity index (χ4v) is 10.3. The van der Waals surface area contributed by atoms with Crippen LogP contribution < -0.4 is 24.8 Å². The maximum Gasteiger partial charge on any atom is 2.00 e. The van der Waals surface area contributed by atoms with Gasteiger partial charge in [-0.1, -0.05) is 98.8 Å². The van der Waals surface area contributed by atoms with Gasteiger partial charge >= 0.3 is 26.2 Å². The van der Waals surface area contributed by atoms with Crippen LogP contribution in [0.4, 0.5) is 0 Å². The summed E-state index contributed by atoms with van der Waals surface area (Å²) in [6.45, 7) is 9.90. The summed E-state index contributed by atoms with van der Waals surface area (Å²) >= 11 is 0. The third-order valence-corrected chi connectivity index (χ3v) is 10.7. The maximum absolute atomic E-state index is 2.62. The minimum Gasteiger partial charge on any atom is -1.00 e. The molecule has 0 N–H and O–H groups in total. The van der Waals surface area contributed by atoms with Crippen LogP contribution in [0.3, 0.4) is 0 Å². The van der Waals surface area contributed by atoms with Crippen LogP contribution in [-0.4, -0.2) is 8.07 Å². The van der Waals surface area contributed by atoms with Crippen molar-refractivity contribution in [3.8, 4) is 0 Å². The molecule has 0 spiro atoms. The smallest absolute Gasteiger partial charge is 1.00 e. The minimum absolute atomic E-state index is 0. The second-order valence-electron chi connectivity index (χ2n) is 8.09. The number of hydrogen-bond acceptors (Lipinski definition) is 0. The fraction of sp³-hybridized carbons (Fsp3) is 0.333. The Kier molecular flexibility index (Phi) is 9.22. The Morgan fingerprint density at radius 3 is 1.39 bits per heavy atom. The van der Waals surface area contributed by atoms with Gasteiger partial charge in [-0.3, -0.25) is 0 Å². The molecule has 28 heavy (non-hydrogen) atoms. The van der Waals surface area contributed by atoms with Gasteiger partial charge in [0.1, 0.15) is 0 Å². The summed E-state index contributed by atoms with van der Waals surface area (Å²) in [5.41, 5.74) is 10.7. The molecule has 4 heteroatoms. The molecular weight excluding hydrogens is 478 g/mol. The molecule has 0 bridgehead atoms. The average Bonchev–Trinajstić information content (AvgIpc) is 3.20. The number of halogens is 2. The van der Waals surface area contributed by atoms with E-state index in [9.17, 15) is 0 Å². The first-order valence-corrected chi connectivity index (χ1v) is 12.8. The third kappa shape index (κ3) is 4.08. The fourth-order valence-electron chi connectivity index (χ4n) is 5.31. The van der Waals surface area contributed by atoms with Gasteiger partial charge in [0, 0.05) is 11.1 Å². The molecule has 0 fully saturated rings. The van der Waals surface area contributed by atoms with E-state index in [1.165, 1.54) is 11.1 Å². The van der Waals surface area contributed by atoms with Gasteiger partial charge in [0.15, 0.2) is 0 Å². The van der Waals surface area contributed by atoms with Crippen molar-refractivity contribution in [2.45, 2.75) is 50.9 Å². The topological polar surface area (TPSA) is 0 Å². The molecule has 0 aromatic heterocycles. The molecule has 0 aliphatic heterocycles. The second kappa shape index (κ2) is 10.1. The summed E-state index contributed by atoms with van der Waals surface area (Å²) in [7, 11) is -1.64. The van der Waals surface area contributed by atoms with E-state index in [1.54, 1.807) is 22.3 Å². The zero-order valence-corrected chi connectivity index (χ0v) is 22.1. The molecule has 0 nitrogen and oxygen atoms in total. The van der Waals surface area contributed by atoms with Gasteiger partial charge < -0.3 is 24.8 Å². The van der Waals surface area contributed by atoms with E-state index in [2.05, 4.69) is 87.6 Å². The molecule has 2 unspecified atom stereocenters. The Hall–Kier alpha value is -0.400. The van der Waals surface area contributed by atoms with Crippen LogP contribution in [0, 0.1) is 0 Å². The van der Waals surface area contributed by atoms with E-state index < -0.39 is 8.07 Å². The SMILES string of the molecule is CCC1=Cc2ccccc2C1[Si](C)(C)C1C(CC)=Cc2ccccc21.[Cl-].[Cl-].[Zr+2].